The summed E-state index contributed by atoms with van der Waals surface area (Å²) >= 11 is 9.03. The molecule has 0 bridgehead atoms. The third-order valence-corrected chi connectivity index (χ3v) is 2.94. The first-order valence-electron chi connectivity index (χ1n) is 4.83. The van der Waals surface area contributed by atoms with Gasteiger partial charge in [-0.05, 0) is 41.4 Å². The molecule has 2 aromatic rings. The quantitative estimate of drug-likeness (QED) is 0.930. The van der Waals surface area contributed by atoms with Crippen molar-refractivity contribution in [3.63, 3.8) is 0 Å². The Hall–Kier alpha value is -0.770. The molecule has 0 amide bonds. The zero-order chi connectivity index (χ0) is 11.5. The molecule has 2 nitrogen and oxygen atoms in total. The molecule has 1 aromatic carbocycles. The summed E-state index contributed by atoms with van der Waals surface area (Å²) < 4.78 is 6.15. The van der Waals surface area contributed by atoms with E-state index in [1.54, 1.807) is 12.1 Å². The first-order chi connectivity index (χ1) is 7.65. The molecule has 0 aliphatic rings. The highest BCUT2D eigenvalue weighted by Crippen LogP contribution is 2.24. The van der Waals surface area contributed by atoms with Crippen LogP contribution in [0.5, 0.6) is 0 Å². The van der Waals surface area contributed by atoms with Gasteiger partial charge in [0.15, 0.2) is 5.22 Å². The fourth-order valence-corrected chi connectivity index (χ4v) is 2.09. The van der Waals surface area contributed by atoms with Crippen LogP contribution in [-0.2, 0) is 6.42 Å². The van der Waals surface area contributed by atoms with Crippen LogP contribution in [0.2, 0.25) is 5.22 Å². The van der Waals surface area contributed by atoms with Crippen molar-refractivity contribution >= 4 is 27.5 Å². The lowest BCUT2D eigenvalue weighted by Crippen LogP contribution is -2.00. The van der Waals surface area contributed by atoms with E-state index in [4.69, 9.17) is 16.0 Å². The summed E-state index contributed by atoms with van der Waals surface area (Å²) in [7, 11) is 0. The number of hydrogen-bond donors (Lipinski definition) is 1. The summed E-state index contributed by atoms with van der Waals surface area (Å²) in [6.07, 6.45) is -0.162. The molecule has 1 aromatic heterocycles. The smallest absolute Gasteiger partial charge is 0.193 e. The third-order valence-electron chi connectivity index (χ3n) is 2.24. The predicted molar refractivity (Wildman–Crippen MR) is 66.5 cm³/mol. The Morgan fingerprint density at radius 3 is 2.75 bits per heavy atom. The van der Waals surface area contributed by atoms with Gasteiger partial charge in [0.25, 0.3) is 0 Å². The molecular weight excluding hydrogens is 291 g/mol. The van der Waals surface area contributed by atoms with Gasteiger partial charge in [0.2, 0.25) is 0 Å². The number of rotatable bonds is 3. The Morgan fingerprint density at radius 1 is 1.31 bits per heavy atom. The Balaban J connectivity index is 2.10. The molecular formula is C12H10BrClO2. The van der Waals surface area contributed by atoms with E-state index in [1.807, 2.05) is 24.3 Å². The van der Waals surface area contributed by atoms with Gasteiger partial charge in [-0.15, -0.1) is 0 Å². The molecule has 1 heterocycles. The second-order valence-electron chi connectivity index (χ2n) is 3.49. The highest BCUT2D eigenvalue weighted by Gasteiger charge is 2.12. The first-order valence-corrected chi connectivity index (χ1v) is 6.00. The summed E-state index contributed by atoms with van der Waals surface area (Å²) in [4.78, 5) is 0. The van der Waals surface area contributed by atoms with Crippen LogP contribution < -0.4 is 0 Å². The highest BCUT2D eigenvalue weighted by molar-refractivity contribution is 9.10. The highest BCUT2D eigenvalue weighted by atomic mass is 79.9. The van der Waals surface area contributed by atoms with Crippen LogP contribution in [-0.4, -0.2) is 5.11 Å². The Labute approximate surface area is 107 Å². The molecule has 1 atom stereocenters. The average Bonchev–Trinajstić information content (AvgIpc) is 2.65. The van der Waals surface area contributed by atoms with Crippen LogP contribution in [0.3, 0.4) is 0 Å². The molecule has 0 radical (unpaired) electrons. The second-order valence-corrected chi connectivity index (χ2v) is 4.78. The van der Waals surface area contributed by atoms with Crippen molar-refractivity contribution in [3.8, 4) is 0 Å². The van der Waals surface area contributed by atoms with Gasteiger partial charge in [0.05, 0.1) is 0 Å². The van der Waals surface area contributed by atoms with Gasteiger partial charge < -0.3 is 9.52 Å². The summed E-state index contributed by atoms with van der Waals surface area (Å²) in [6, 6.07) is 11.1. The topological polar surface area (TPSA) is 33.4 Å². The maximum atomic E-state index is 9.91. The number of benzene rings is 1. The van der Waals surface area contributed by atoms with Crippen molar-refractivity contribution in [1.29, 1.82) is 0 Å². The molecule has 2 rings (SSSR count). The van der Waals surface area contributed by atoms with Crippen LogP contribution in [0.4, 0.5) is 0 Å². The molecule has 0 saturated carbocycles. The number of aliphatic hydroxyl groups is 1. The number of aliphatic hydroxyl groups excluding tert-OH is 1. The van der Waals surface area contributed by atoms with Gasteiger partial charge in [-0.1, -0.05) is 28.1 Å². The van der Waals surface area contributed by atoms with Crippen molar-refractivity contribution < 1.29 is 9.52 Å². The Morgan fingerprint density at radius 2 is 2.12 bits per heavy atom. The van der Waals surface area contributed by atoms with Gasteiger partial charge in [-0.3, -0.25) is 0 Å². The van der Waals surface area contributed by atoms with E-state index in [0.717, 1.165) is 10.0 Å². The van der Waals surface area contributed by atoms with Crippen LogP contribution in [0, 0.1) is 0 Å². The molecule has 16 heavy (non-hydrogen) atoms. The summed E-state index contributed by atoms with van der Waals surface area (Å²) in [5.41, 5.74) is 1.04. The Bertz CT molecular complexity index is 481. The van der Waals surface area contributed by atoms with Crippen molar-refractivity contribution in [2.24, 2.45) is 0 Å². The third kappa shape index (κ3) is 2.88. The van der Waals surface area contributed by atoms with Crippen LogP contribution in [0.1, 0.15) is 17.4 Å². The largest absolute Gasteiger partial charge is 0.447 e. The van der Waals surface area contributed by atoms with Crippen LogP contribution in [0.25, 0.3) is 0 Å². The van der Waals surface area contributed by atoms with Crippen LogP contribution in [0.15, 0.2) is 45.3 Å². The summed E-state index contributed by atoms with van der Waals surface area (Å²) in [6.45, 7) is 0. The SMILES string of the molecule is OC(Cc1cccc(Br)c1)c1ccc(Cl)o1. The molecule has 4 heteroatoms. The van der Waals surface area contributed by atoms with E-state index < -0.39 is 6.10 Å². The Kier molecular flexibility index (Phi) is 3.69. The van der Waals surface area contributed by atoms with Crippen molar-refractivity contribution in [1.82, 2.24) is 0 Å². The molecule has 0 saturated heterocycles. The maximum Gasteiger partial charge on any atom is 0.193 e. The van der Waals surface area contributed by atoms with Gasteiger partial charge in [-0.2, -0.15) is 0 Å². The van der Waals surface area contributed by atoms with E-state index in [2.05, 4.69) is 15.9 Å². The van der Waals surface area contributed by atoms with Gasteiger partial charge in [-0.25, -0.2) is 0 Å². The van der Waals surface area contributed by atoms with Crippen molar-refractivity contribution in [3.05, 3.63) is 57.4 Å². The second kappa shape index (κ2) is 5.04. The van der Waals surface area contributed by atoms with Gasteiger partial charge in [0.1, 0.15) is 11.9 Å². The molecule has 0 spiro atoms. The van der Waals surface area contributed by atoms with E-state index in [1.165, 1.54) is 0 Å². The number of halogens is 2. The minimum atomic E-state index is -0.665. The van der Waals surface area contributed by atoms with E-state index in [9.17, 15) is 5.11 Å². The lowest BCUT2D eigenvalue weighted by Gasteiger charge is -2.07. The van der Waals surface area contributed by atoms with Crippen LogP contribution >= 0.6 is 27.5 Å². The number of hydrogen-bond acceptors (Lipinski definition) is 2. The fourth-order valence-electron chi connectivity index (χ4n) is 1.50. The predicted octanol–water partition coefficient (Wildman–Crippen LogP) is 3.97. The average molecular weight is 302 g/mol. The summed E-state index contributed by atoms with van der Waals surface area (Å²) in [5.74, 6) is 0.491. The zero-order valence-corrected chi connectivity index (χ0v) is 10.7. The standard InChI is InChI=1S/C12H10BrClO2/c13-9-3-1-2-8(6-9)7-10(15)11-4-5-12(14)16-11/h1-6,10,15H,7H2. The van der Waals surface area contributed by atoms with E-state index in [0.29, 0.717) is 17.4 Å². The minimum absolute atomic E-state index is 0.295. The van der Waals surface area contributed by atoms with Crippen molar-refractivity contribution in [2.75, 3.05) is 0 Å². The molecule has 1 unspecified atom stereocenters. The van der Waals surface area contributed by atoms with E-state index in [-0.39, 0.29) is 0 Å². The minimum Gasteiger partial charge on any atom is -0.447 e. The molecule has 84 valence electrons. The molecule has 0 aliphatic carbocycles. The monoisotopic (exact) mass is 300 g/mol. The van der Waals surface area contributed by atoms with Gasteiger partial charge >= 0.3 is 0 Å². The maximum absolute atomic E-state index is 9.91. The molecule has 0 aliphatic heterocycles. The van der Waals surface area contributed by atoms with Crippen molar-refractivity contribution in [2.45, 2.75) is 12.5 Å². The molecule has 1 N–H and O–H groups in total. The van der Waals surface area contributed by atoms with E-state index >= 15 is 0 Å². The number of furan rings is 1. The lowest BCUT2D eigenvalue weighted by molar-refractivity contribution is 0.150. The van der Waals surface area contributed by atoms with Gasteiger partial charge in [0, 0.05) is 10.9 Å². The lowest BCUT2D eigenvalue weighted by atomic mass is 10.1. The molecule has 0 fully saturated rings. The fraction of sp³-hybridized carbons (Fsp3) is 0.167. The normalized spacial score (nSPS) is 12.7. The first kappa shape index (κ1) is 11.7. The summed E-state index contributed by atoms with van der Waals surface area (Å²) in [5, 5.41) is 10.2. The zero-order valence-electron chi connectivity index (χ0n) is 8.36.